The van der Waals surface area contributed by atoms with Gasteiger partial charge in [-0.2, -0.15) is 0 Å². The quantitative estimate of drug-likeness (QED) is 0.139. The molecule has 4 heteroatoms. The summed E-state index contributed by atoms with van der Waals surface area (Å²) < 4.78 is 8.22. The second-order valence-electron chi connectivity index (χ2n) is 10.3. The number of hydrogen-bond donors (Lipinski definition) is 0. The predicted octanol–water partition coefficient (Wildman–Crippen LogP) is 8.63. The molecule has 2 heterocycles. The number of benzene rings is 4. The normalized spacial score (nSPS) is 11.3. The van der Waals surface area contributed by atoms with Gasteiger partial charge in [0.05, 0.1) is 12.8 Å². The number of hydrogen-bond acceptors (Lipinski definition) is 2. The SMILES string of the molecule is COc1c[c-]c2c(c1-c1c(C)cc(C)cc1C)c1cc(-c3c(C)cccc3C)ccc1n1cc(C)nc21.[Ir]. The van der Waals surface area contributed by atoms with Gasteiger partial charge in [-0.25, -0.2) is 0 Å². The van der Waals surface area contributed by atoms with E-state index in [1.165, 1.54) is 49.9 Å². The summed E-state index contributed by atoms with van der Waals surface area (Å²) in [4.78, 5) is 4.94. The maximum absolute atomic E-state index is 6.01. The van der Waals surface area contributed by atoms with Crippen LogP contribution < -0.4 is 4.74 Å². The summed E-state index contributed by atoms with van der Waals surface area (Å²) >= 11 is 0. The number of nitrogens with zero attached hydrogens (tertiary/aromatic N) is 2. The van der Waals surface area contributed by atoms with Gasteiger partial charge >= 0.3 is 0 Å². The Kier molecular flexibility index (Phi) is 6.67. The number of imidazole rings is 1. The van der Waals surface area contributed by atoms with Gasteiger partial charge in [-0.1, -0.05) is 64.4 Å². The minimum absolute atomic E-state index is 0. The first-order chi connectivity index (χ1) is 17.8. The van der Waals surface area contributed by atoms with Crippen LogP contribution in [0.1, 0.15) is 33.5 Å². The Labute approximate surface area is 237 Å². The maximum atomic E-state index is 6.01. The van der Waals surface area contributed by atoms with Crippen LogP contribution in [0.5, 0.6) is 5.75 Å². The molecule has 2 aromatic heterocycles. The van der Waals surface area contributed by atoms with Crippen LogP contribution in [0, 0.1) is 47.6 Å². The monoisotopic (exact) mass is 676 g/mol. The van der Waals surface area contributed by atoms with Gasteiger partial charge in [0.2, 0.25) is 0 Å². The smallest absolute Gasteiger partial charge is 0.0648 e. The summed E-state index contributed by atoms with van der Waals surface area (Å²) in [5.74, 6) is 0.828. The standard InChI is InChI=1S/C34H31N2O.Ir/c1-19-15-22(4)31(23(5)16-19)33-29(37-7)14-12-26-32(33)27-17-25(30-20(2)9-8-10-21(30)3)11-13-28(27)36-18-24(6)35-34(26)36;/h8-11,13-18H,1-7H3;/q-1;. The van der Waals surface area contributed by atoms with Gasteiger partial charge < -0.3 is 9.14 Å². The van der Waals surface area contributed by atoms with Crippen LogP contribution in [0.2, 0.25) is 0 Å². The zero-order chi connectivity index (χ0) is 26.0. The van der Waals surface area contributed by atoms with Gasteiger partial charge in [-0.15, -0.1) is 12.1 Å². The minimum atomic E-state index is 0. The number of aromatic nitrogens is 2. The number of pyridine rings is 1. The van der Waals surface area contributed by atoms with Crippen molar-refractivity contribution in [3.63, 3.8) is 0 Å². The van der Waals surface area contributed by atoms with Gasteiger partial charge in [0.25, 0.3) is 0 Å². The zero-order valence-electron chi connectivity index (χ0n) is 22.9. The van der Waals surface area contributed by atoms with Crippen molar-refractivity contribution in [2.24, 2.45) is 0 Å². The Morgan fingerprint density at radius 3 is 2.13 bits per heavy atom. The molecule has 0 spiro atoms. The molecular formula is C34H31IrN2O-. The molecule has 0 aliphatic rings. The van der Waals surface area contributed by atoms with Crippen LogP contribution in [-0.2, 0) is 20.1 Å². The first-order valence-electron chi connectivity index (χ1n) is 12.8. The summed E-state index contributed by atoms with van der Waals surface area (Å²) in [7, 11) is 1.75. The molecule has 6 rings (SSSR count). The first-order valence-corrected chi connectivity index (χ1v) is 12.8. The van der Waals surface area contributed by atoms with Gasteiger partial charge in [0, 0.05) is 43.3 Å². The fourth-order valence-electron chi connectivity index (χ4n) is 6.19. The number of aryl methyl sites for hydroxylation is 6. The van der Waals surface area contributed by atoms with Crippen molar-refractivity contribution in [3.05, 3.63) is 100 Å². The van der Waals surface area contributed by atoms with E-state index in [0.717, 1.165) is 38.9 Å². The molecule has 0 atom stereocenters. The van der Waals surface area contributed by atoms with Gasteiger partial charge in [0.1, 0.15) is 0 Å². The molecule has 3 nitrogen and oxygen atoms in total. The van der Waals surface area contributed by atoms with E-state index >= 15 is 0 Å². The number of fused-ring (bicyclic) bond motifs is 6. The molecule has 0 saturated carbocycles. The molecule has 0 bridgehead atoms. The van der Waals surface area contributed by atoms with Crippen molar-refractivity contribution in [1.29, 1.82) is 0 Å². The number of rotatable bonds is 3. The Hall–Kier alpha value is -3.46. The first kappa shape index (κ1) is 26.2. The molecule has 0 unspecified atom stereocenters. The second kappa shape index (κ2) is 9.69. The van der Waals surface area contributed by atoms with Crippen LogP contribution >= 0.6 is 0 Å². The topological polar surface area (TPSA) is 26.5 Å². The van der Waals surface area contributed by atoms with E-state index in [2.05, 4.69) is 107 Å². The molecule has 0 fully saturated rings. The van der Waals surface area contributed by atoms with E-state index < -0.39 is 0 Å². The van der Waals surface area contributed by atoms with Crippen molar-refractivity contribution in [1.82, 2.24) is 9.38 Å². The predicted molar refractivity (Wildman–Crippen MR) is 155 cm³/mol. The number of methoxy groups -OCH3 is 1. The number of ether oxygens (including phenoxy) is 1. The van der Waals surface area contributed by atoms with Crippen LogP contribution in [0.15, 0.2) is 60.8 Å². The molecule has 0 amide bonds. The molecular weight excluding hydrogens is 645 g/mol. The van der Waals surface area contributed by atoms with E-state index in [-0.39, 0.29) is 20.1 Å². The summed E-state index contributed by atoms with van der Waals surface area (Å²) in [6.07, 6.45) is 2.12. The zero-order valence-corrected chi connectivity index (χ0v) is 25.3. The van der Waals surface area contributed by atoms with Crippen molar-refractivity contribution in [2.75, 3.05) is 7.11 Å². The molecule has 4 aromatic carbocycles. The average Bonchev–Trinajstić information content (AvgIpc) is 3.25. The second-order valence-corrected chi connectivity index (χ2v) is 10.3. The molecule has 0 aliphatic carbocycles. The van der Waals surface area contributed by atoms with E-state index in [1.54, 1.807) is 7.11 Å². The van der Waals surface area contributed by atoms with Gasteiger partial charge in [-0.3, -0.25) is 4.98 Å². The van der Waals surface area contributed by atoms with E-state index in [4.69, 9.17) is 9.72 Å². The Bertz CT molecular complexity index is 1840. The summed E-state index contributed by atoms with van der Waals surface area (Å²) in [6, 6.07) is 23.4. The third-order valence-corrected chi connectivity index (χ3v) is 7.59. The molecule has 193 valence electrons. The fraction of sp³-hybridized carbons (Fsp3) is 0.206. The molecule has 0 saturated heterocycles. The average molecular weight is 676 g/mol. The van der Waals surface area contributed by atoms with E-state index in [1.807, 2.05) is 6.07 Å². The van der Waals surface area contributed by atoms with E-state index in [0.29, 0.717) is 0 Å². The van der Waals surface area contributed by atoms with Crippen molar-refractivity contribution in [2.45, 2.75) is 41.5 Å². The molecule has 6 aromatic rings. The minimum Gasteiger partial charge on any atom is -0.539 e. The summed E-state index contributed by atoms with van der Waals surface area (Å²) in [5, 5.41) is 3.31. The molecule has 1 radical (unpaired) electrons. The van der Waals surface area contributed by atoms with Crippen molar-refractivity contribution in [3.8, 4) is 28.0 Å². The molecule has 38 heavy (non-hydrogen) atoms. The van der Waals surface area contributed by atoms with Crippen LogP contribution in [0.3, 0.4) is 0 Å². The summed E-state index contributed by atoms with van der Waals surface area (Å²) in [6.45, 7) is 13.0. The molecule has 0 aliphatic heterocycles. The maximum Gasteiger partial charge on any atom is 0.0648 e. The van der Waals surface area contributed by atoms with Crippen LogP contribution in [0.4, 0.5) is 0 Å². The summed E-state index contributed by atoms with van der Waals surface area (Å²) in [5.41, 5.74) is 14.2. The van der Waals surface area contributed by atoms with E-state index in [9.17, 15) is 0 Å². The third kappa shape index (κ3) is 3.95. The van der Waals surface area contributed by atoms with Crippen LogP contribution in [-0.4, -0.2) is 16.5 Å². The largest absolute Gasteiger partial charge is 0.539 e. The Balaban J connectivity index is 0.00000294. The van der Waals surface area contributed by atoms with Crippen molar-refractivity contribution >= 4 is 27.3 Å². The Morgan fingerprint density at radius 1 is 0.789 bits per heavy atom. The van der Waals surface area contributed by atoms with Gasteiger partial charge in [-0.05, 0) is 91.9 Å². The van der Waals surface area contributed by atoms with Crippen molar-refractivity contribution < 1.29 is 24.8 Å². The third-order valence-electron chi connectivity index (χ3n) is 7.59. The van der Waals surface area contributed by atoms with Crippen LogP contribution in [0.25, 0.3) is 49.6 Å². The molecule has 0 N–H and O–H groups in total. The van der Waals surface area contributed by atoms with Gasteiger partial charge in [0.15, 0.2) is 0 Å². The Morgan fingerprint density at radius 2 is 1.47 bits per heavy atom. The fourth-order valence-corrected chi connectivity index (χ4v) is 6.19.